The van der Waals surface area contributed by atoms with Crippen LogP contribution in [0.5, 0.6) is 0 Å². The van der Waals surface area contributed by atoms with Crippen LogP contribution in [0.3, 0.4) is 0 Å². The van der Waals surface area contributed by atoms with Crippen LogP contribution in [0, 0.1) is 0 Å². The van der Waals surface area contributed by atoms with Gasteiger partial charge in [0.05, 0.1) is 10.0 Å². The Hall–Kier alpha value is -1.03. The highest BCUT2D eigenvalue weighted by molar-refractivity contribution is 6.42. The van der Waals surface area contributed by atoms with Gasteiger partial charge in [0.25, 0.3) is 0 Å². The predicted molar refractivity (Wildman–Crippen MR) is 65.6 cm³/mol. The molecule has 0 aliphatic carbocycles. The number of hydrogen-bond acceptors (Lipinski definition) is 2. The molecule has 5 heteroatoms. The van der Waals surface area contributed by atoms with E-state index in [9.17, 15) is 0 Å². The van der Waals surface area contributed by atoms with Crippen LogP contribution in [0.2, 0.25) is 10.0 Å². The minimum Gasteiger partial charge on any atom is -0.307 e. The normalized spacial score (nSPS) is 10.6. The molecule has 0 spiro atoms. The van der Waals surface area contributed by atoms with E-state index in [1.54, 1.807) is 12.3 Å². The van der Waals surface area contributed by atoms with Crippen molar-refractivity contribution in [2.24, 2.45) is 0 Å². The number of rotatable bonds is 4. The van der Waals surface area contributed by atoms with Crippen molar-refractivity contribution in [3.05, 3.63) is 51.8 Å². The quantitative estimate of drug-likeness (QED) is 0.882. The number of aromatic amines is 1. The average Bonchev–Trinajstić information content (AvgIpc) is 2.77. The monoisotopic (exact) mass is 255 g/mol. The molecule has 1 aromatic heterocycles. The Morgan fingerprint density at radius 2 is 2.06 bits per heavy atom. The third kappa shape index (κ3) is 2.76. The molecular weight excluding hydrogens is 245 g/mol. The molecule has 1 aromatic carbocycles. The Balaban J connectivity index is 1.92. The average molecular weight is 256 g/mol. The largest absolute Gasteiger partial charge is 0.307 e. The Morgan fingerprint density at radius 1 is 1.19 bits per heavy atom. The van der Waals surface area contributed by atoms with E-state index in [-0.39, 0.29) is 0 Å². The second-order valence-electron chi connectivity index (χ2n) is 3.40. The summed E-state index contributed by atoms with van der Waals surface area (Å²) in [4.78, 5) is 0. The van der Waals surface area contributed by atoms with Gasteiger partial charge in [-0.05, 0) is 17.7 Å². The topological polar surface area (TPSA) is 40.7 Å². The summed E-state index contributed by atoms with van der Waals surface area (Å²) in [5.41, 5.74) is 2.03. The fraction of sp³-hybridized carbons (Fsp3) is 0.182. The lowest BCUT2D eigenvalue weighted by molar-refractivity contribution is 0.677. The second kappa shape index (κ2) is 5.34. The highest BCUT2D eigenvalue weighted by atomic mass is 35.5. The number of nitrogens with one attached hydrogen (secondary N) is 2. The van der Waals surface area contributed by atoms with E-state index in [2.05, 4.69) is 15.5 Å². The van der Waals surface area contributed by atoms with E-state index in [1.807, 2.05) is 18.2 Å². The lowest BCUT2D eigenvalue weighted by Crippen LogP contribution is -2.13. The number of nitrogens with zero attached hydrogens (tertiary/aromatic N) is 1. The van der Waals surface area contributed by atoms with E-state index >= 15 is 0 Å². The molecule has 2 N–H and O–H groups in total. The van der Waals surface area contributed by atoms with Crippen LogP contribution in [0.4, 0.5) is 0 Å². The molecule has 2 rings (SSSR count). The van der Waals surface area contributed by atoms with Gasteiger partial charge in [-0.2, -0.15) is 5.10 Å². The van der Waals surface area contributed by atoms with E-state index in [4.69, 9.17) is 23.2 Å². The van der Waals surface area contributed by atoms with Gasteiger partial charge < -0.3 is 5.32 Å². The third-order valence-corrected chi connectivity index (χ3v) is 3.08. The predicted octanol–water partition coefficient (Wildman–Crippen LogP) is 3.01. The second-order valence-corrected chi connectivity index (χ2v) is 4.18. The maximum atomic E-state index is 6.06. The first-order valence-corrected chi connectivity index (χ1v) is 5.65. The molecule has 0 aliphatic rings. The molecular formula is C11H11Cl2N3. The smallest absolute Gasteiger partial charge is 0.0637 e. The van der Waals surface area contributed by atoms with Crippen LogP contribution in [-0.2, 0) is 13.1 Å². The zero-order chi connectivity index (χ0) is 11.4. The number of halogens is 2. The van der Waals surface area contributed by atoms with Gasteiger partial charge in [-0.15, -0.1) is 0 Å². The Kier molecular flexibility index (Phi) is 3.83. The molecule has 2 aromatic rings. The van der Waals surface area contributed by atoms with Crippen LogP contribution >= 0.6 is 23.2 Å². The van der Waals surface area contributed by atoms with Crippen LogP contribution < -0.4 is 5.32 Å². The van der Waals surface area contributed by atoms with Gasteiger partial charge in [-0.25, -0.2) is 0 Å². The summed E-state index contributed by atoms with van der Waals surface area (Å²) in [5, 5.41) is 11.2. The van der Waals surface area contributed by atoms with Gasteiger partial charge in [-0.1, -0.05) is 35.3 Å². The summed E-state index contributed by atoms with van der Waals surface area (Å²) < 4.78 is 0. The van der Waals surface area contributed by atoms with Crippen molar-refractivity contribution >= 4 is 23.2 Å². The minimum absolute atomic E-state index is 0.586. The molecule has 0 radical (unpaired) electrons. The summed E-state index contributed by atoms with van der Waals surface area (Å²) in [6, 6.07) is 7.55. The van der Waals surface area contributed by atoms with Crippen molar-refractivity contribution in [1.82, 2.24) is 15.5 Å². The molecule has 0 bridgehead atoms. The summed E-state index contributed by atoms with van der Waals surface area (Å²) in [6.45, 7) is 1.40. The van der Waals surface area contributed by atoms with E-state index in [0.717, 1.165) is 17.8 Å². The first-order chi connectivity index (χ1) is 7.77. The van der Waals surface area contributed by atoms with Gasteiger partial charge in [0.2, 0.25) is 0 Å². The SMILES string of the molecule is Clc1cccc(CNCc2ccn[nH]2)c1Cl. The first kappa shape index (κ1) is 11.5. The van der Waals surface area contributed by atoms with Crippen molar-refractivity contribution in [1.29, 1.82) is 0 Å². The molecule has 0 fully saturated rings. The van der Waals surface area contributed by atoms with Crippen LogP contribution in [-0.4, -0.2) is 10.2 Å². The van der Waals surface area contributed by atoms with E-state index < -0.39 is 0 Å². The number of benzene rings is 1. The highest BCUT2D eigenvalue weighted by Crippen LogP contribution is 2.25. The Labute approximate surface area is 104 Å². The highest BCUT2D eigenvalue weighted by Gasteiger charge is 2.03. The summed E-state index contributed by atoms with van der Waals surface area (Å²) >= 11 is 12.0. The van der Waals surface area contributed by atoms with Crippen LogP contribution in [0.25, 0.3) is 0 Å². The number of H-pyrrole nitrogens is 1. The van der Waals surface area contributed by atoms with Gasteiger partial charge in [0.1, 0.15) is 0 Å². The molecule has 84 valence electrons. The molecule has 0 saturated heterocycles. The van der Waals surface area contributed by atoms with E-state index in [0.29, 0.717) is 16.6 Å². The van der Waals surface area contributed by atoms with Crippen LogP contribution in [0.15, 0.2) is 30.5 Å². The van der Waals surface area contributed by atoms with Crippen molar-refractivity contribution in [2.45, 2.75) is 13.1 Å². The molecule has 0 aliphatic heterocycles. The minimum atomic E-state index is 0.586. The van der Waals surface area contributed by atoms with Crippen LogP contribution in [0.1, 0.15) is 11.3 Å². The van der Waals surface area contributed by atoms with Crippen molar-refractivity contribution in [3.63, 3.8) is 0 Å². The fourth-order valence-electron chi connectivity index (χ4n) is 1.40. The summed E-state index contributed by atoms with van der Waals surface area (Å²) in [7, 11) is 0. The Bertz CT molecular complexity index is 454. The maximum absolute atomic E-state index is 6.06. The molecule has 0 unspecified atom stereocenters. The summed E-state index contributed by atoms with van der Waals surface area (Å²) in [6.07, 6.45) is 1.73. The first-order valence-electron chi connectivity index (χ1n) is 4.89. The Morgan fingerprint density at radius 3 is 2.81 bits per heavy atom. The molecule has 0 amide bonds. The molecule has 1 heterocycles. The standard InChI is InChI=1S/C11H11Cl2N3/c12-10-3-1-2-8(11(10)13)6-14-7-9-4-5-15-16-9/h1-5,14H,6-7H2,(H,15,16). The maximum Gasteiger partial charge on any atom is 0.0637 e. The molecule has 3 nitrogen and oxygen atoms in total. The molecule has 16 heavy (non-hydrogen) atoms. The molecule has 0 saturated carbocycles. The van der Waals surface area contributed by atoms with Gasteiger partial charge in [0, 0.05) is 25.0 Å². The zero-order valence-electron chi connectivity index (χ0n) is 8.50. The van der Waals surface area contributed by atoms with Gasteiger partial charge >= 0.3 is 0 Å². The van der Waals surface area contributed by atoms with Gasteiger partial charge in [-0.3, -0.25) is 5.10 Å². The summed E-state index contributed by atoms with van der Waals surface area (Å²) in [5.74, 6) is 0. The van der Waals surface area contributed by atoms with Gasteiger partial charge in [0.15, 0.2) is 0 Å². The third-order valence-electron chi connectivity index (χ3n) is 2.22. The van der Waals surface area contributed by atoms with Crippen molar-refractivity contribution in [3.8, 4) is 0 Å². The molecule has 0 atom stereocenters. The zero-order valence-corrected chi connectivity index (χ0v) is 10.0. The number of aromatic nitrogens is 2. The number of hydrogen-bond donors (Lipinski definition) is 2. The van der Waals surface area contributed by atoms with E-state index in [1.165, 1.54) is 0 Å². The van der Waals surface area contributed by atoms with Crippen molar-refractivity contribution < 1.29 is 0 Å². The lowest BCUT2D eigenvalue weighted by Gasteiger charge is -2.06. The fourth-order valence-corrected chi connectivity index (χ4v) is 1.79. The lowest BCUT2D eigenvalue weighted by atomic mass is 10.2. The van der Waals surface area contributed by atoms with Crippen molar-refractivity contribution in [2.75, 3.05) is 0 Å².